The van der Waals surface area contributed by atoms with E-state index < -0.39 is 0 Å². The molecule has 0 heterocycles. The Labute approximate surface area is 98.9 Å². The molecule has 0 aliphatic heterocycles. The van der Waals surface area contributed by atoms with Crippen LogP contribution in [0.15, 0.2) is 0 Å². The van der Waals surface area contributed by atoms with E-state index in [1.165, 1.54) is 32.1 Å². The summed E-state index contributed by atoms with van der Waals surface area (Å²) in [4.78, 5) is 11.6. The average Bonchev–Trinajstić information content (AvgIpc) is 2.23. The summed E-state index contributed by atoms with van der Waals surface area (Å²) >= 11 is 0. The fourth-order valence-corrected chi connectivity index (χ4v) is 2.59. The van der Waals surface area contributed by atoms with Crippen molar-refractivity contribution < 1.29 is 9.53 Å². The van der Waals surface area contributed by atoms with Crippen LogP contribution in [0.4, 0.5) is 0 Å². The minimum Gasteiger partial charge on any atom is -0.466 e. The third kappa shape index (κ3) is 4.12. The summed E-state index contributed by atoms with van der Waals surface area (Å²) in [6.45, 7) is 2.35. The molecule has 3 heteroatoms. The van der Waals surface area contributed by atoms with Crippen molar-refractivity contribution in [2.75, 3.05) is 13.7 Å². The topological polar surface area (TPSA) is 38.3 Å². The van der Waals surface area contributed by atoms with E-state index in [2.05, 4.69) is 5.32 Å². The number of rotatable bonds is 4. The first kappa shape index (κ1) is 13.5. The van der Waals surface area contributed by atoms with Crippen molar-refractivity contribution in [2.24, 2.45) is 0 Å². The Morgan fingerprint density at radius 2 is 1.75 bits per heavy atom. The first-order valence-corrected chi connectivity index (χ1v) is 6.57. The van der Waals surface area contributed by atoms with E-state index in [1.54, 1.807) is 0 Å². The zero-order chi connectivity index (χ0) is 11.9. The Hall–Kier alpha value is -0.570. The Morgan fingerprint density at radius 1 is 1.19 bits per heavy atom. The smallest absolute Gasteiger partial charge is 0.307 e. The number of nitrogens with one attached hydrogen (secondary N) is 1. The molecule has 94 valence electrons. The first-order chi connectivity index (χ1) is 7.72. The zero-order valence-corrected chi connectivity index (χ0v) is 10.7. The van der Waals surface area contributed by atoms with Crippen molar-refractivity contribution in [2.45, 2.75) is 63.8 Å². The predicted molar refractivity (Wildman–Crippen MR) is 65.4 cm³/mol. The molecule has 1 aliphatic carbocycles. The lowest BCUT2D eigenvalue weighted by molar-refractivity contribution is -0.145. The molecule has 3 nitrogen and oxygen atoms in total. The number of esters is 1. The lowest BCUT2D eigenvalue weighted by atomic mass is 9.81. The van der Waals surface area contributed by atoms with Gasteiger partial charge < -0.3 is 10.1 Å². The number of hydrogen-bond donors (Lipinski definition) is 1. The second kappa shape index (κ2) is 6.89. The van der Waals surface area contributed by atoms with Gasteiger partial charge in [0.2, 0.25) is 0 Å². The van der Waals surface area contributed by atoms with Crippen LogP contribution in [0.2, 0.25) is 0 Å². The predicted octanol–water partition coefficient (Wildman–Crippen LogP) is 2.64. The van der Waals surface area contributed by atoms with Crippen LogP contribution in [-0.4, -0.2) is 25.2 Å². The Kier molecular flexibility index (Phi) is 5.81. The summed E-state index contributed by atoms with van der Waals surface area (Å²) in [7, 11) is 1.97. The summed E-state index contributed by atoms with van der Waals surface area (Å²) in [5.74, 6) is -0.0579. The minimum absolute atomic E-state index is 0.00727. The summed E-state index contributed by atoms with van der Waals surface area (Å²) in [5.41, 5.74) is -0.00727. The molecule has 0 bridgehead atoms. The molecule has 1 rings (SSSR count). The van der Waals surface area contributed by atoms with Gasteiger partial charge in [-0.05, 0) is 26.8 Å². The van der Waals surface area contributed by atoms with E-state index in [0.29, 0.717) is 13.0 Å². The SMILES string of the molecule is CCOC(=O)CC1(NC)CCCCCCC1. The highest BCUT2D eigenvalue weighted by Crippen LogP contribution is 2.29. The molecule has 1 aliphatic rings. The molecule has 16 heavy (non-hydrogen) atoms. The Balaban J connectivity index is 2.54. The summed E-state index contributed by atoms with van der Waals surface area (Å²) < 4.78 is 5.06. The van der Waals surface area contributed by atoms with Crippen LogP contribution >= 0.6 is 0 Å². The third-order valence-corrected chi connectivity index (χ3v) is 3.63. The molecule has 0 amide bonds. The maximum atomic E-state index is 11.6. The van der Waals surface area contributed by atoms with Gasteiger partial charge in [0, 0.05) is 5.54 Å². The maximum Gasteiger partial charge on any atom is 0.307 e. The fraction of sp³-hybridized carbons (Fsp3) is 0.923. The molecule has 0 spiro atoms. The molecular weight excluding hydrogens is 202 g/mol. The Bertz CT molecular complexity index is 208. The number of hydrogen-bond acceptors (Lipinski definition) is 3. The quantitative estimate of drug-likeness (QED) is 0.750. The van der Waals surface area contributed by atoms with Crippen LogP contribution in [-0.2, 0) is 9.53 Å². The maximum absolute atomic E-state index is 11.6. The minimum atomic E-state index is -0.0579. The van der Waals surface area contributed by atoms with Crippen LogP contribution in [0.3, 0.4) is 0 Å². The van der Waals surface area contributed by atoms with Crippen molar-refractivity contribution >= 4 is 5.97 Å². The first-order valence-electron chi connectivity index (χ1n) is 6.57. The fourth-order valence-electron chi connectivity index (χ4n) is 2.59. The number of ether oxygens (including phenoxy) is 1. The normalized spacial score (nSPS) is 20.9. The van der Waals surface area contributed by atoms with Crippen molar-refractivity contribution in [1.82, 2.24) is 5.32 Å². The highest BCUT2D eigenvalue weighted by molar-refractivity contribution is 5.70. The van der Waals surface area contributed by atoms with Gasteiger partial charge in [-0.25, -0.2) is 0 Å². The second-order valence-corrected chi connectivity index (χ2v) is 4.78. The largest absolute Gasteiger partial charge is 0.466 e. The second-order valence-electron chi connectivity index (χ2n) is 4.78. The highest BCUT2D eigenvalue weighted by Gasteiger charge is 2.31. The zero-order valence-electron chi connectivity index (χ0n) is 10.7. The molecule has 0 saturated heterocycles. The summed E-state index contributed by atoms with van der Waals surface area (Å²) in [6, 6.07) is 0. The highest BCUT2D eigenvalue weighted by atomic mass is 16.5. The van der Waals surface area contributed by atoms with E-state index in [0.717, 1.165) is 12.8 Å². The molecule has 0 aromatic carbocycles. The van der Waals surface area contributed by atoms with Gasteiger partial charge in [-0.3, -0.25) is 4.79 Å². The van der Waals surface area contributed by atoms with Gasteiger partial charge in [0.1, 0.15) is 0 Å². The van der Waals surface area contributed by atoms with Gasteiger partial charge >= 0.3 is 5.97 Å². The molecule has 0 unspecified atom stereocenters. The number of carbonyl (C=O) groups excluding carboxylic acids is 1. The van der Waals surface area contributed by atoms with E-state index in [9.17, 15) is 4.79 Å². The molecule has 0 atom stereocenters. The van der Waals surface area contributed by atoms with Crippen LogP contribution in [0, 0.1) is 0 Å². The molecule has 0 aromatic heterocycles. The third-order valence-electron chi connectivity index (χ3n) is 3.63. The van der Waals surface area contributed by atoms with E-state index in [4.69, 9.17) is 4.74 Å². The van der Waals surface area contributed by atoms with Crippen molar-refractivity contribution in [3.05, 3.63) is 0 Å². The molecule has 1 N–H and O–H groups in total. The van der Waals surface area contributed by atoms with E-state index in [1.807, 2.05) is 14.0 Å². The van der Waals surface area contributed by atoms with Gasteiger partial charge in [0.25, 0.3) is 0 Å². The summed E-state index contributed by atoms with van der Waals surface area (Å²) in [5, 5.41) is 3.37. The van der Waals surface area contributed by atoms with Crippen LogP contribution < -0.4 is 5.32 Å². The van der Waals surface area contributed by atoms with E-state index in [-0.39, 0.29) is 11.5 Å². The molecule has 0 radical (unpaired) electrons. The monoisotopic (exact) mass is 227 g/mol. The standard InChI is InChI=1S/C13H25NO2/c1-3-16-12(15)11-13(14-2)9-7-5-4-6-8-10-13/h14H,3-11H2,1-2H3. The van der Waals surface area contributed by atoms with Crippen molar-refractivity contribution in [3.63, 3.8) is 0 Å². The van der Waals surface area contributed by atoms with Crippen molar-refractivity contribution in [1.29, 1.82) is 0 Å². The lowest BCUT2D eigenvalue weighted by Gasteiger charge is -2.34. The average molecular weight is 227 g/mol. The van der Waals surface area contributed by atoms with Gasteiger partial charge in [0.05, 0.1) is 13.0 Å². The molecular formula is C13H25NO2. The van der Waals surface area contributed by atoms with Gasteiger partial charge in [0.15, 0.2) is 0 Å². The number of carbonyl (C=O) groups is 1. The molecule has 0 aromatic rings. The van der Waals surface area contributed by atoms with E-state index >= 15 is 0 Å². The van der Waals surface area contributed by atoms with Gasteiger partial charge in [-0.2, -0.15) is 0 Å². The van der Waals surface area contributed by atoms with Crippen LogP contribution in [0.1, 0.15) is 58.3 Å². The van der Waals surface area contributed by atoms with Crippen LogP contribution in [0.5, 0.6) is 0 Å². The van der Waals surface area contributed by atoms with Gasteiger partial charge in [-0.1, -0.05) is 32.1 Å². The van der Waals surface area contributed by atoms with Crippen LogP contribution in [0.25, 0.3) is 0 Å². The van der Waals surface area contributed by atoms with Gasteiger partial charge in [-0.15, -0.1) is 0 Å². The molecule has 1 fully saturated rings. The lowest BCUT2D eigenvalue weighted by Crippen LogP contribution is -2.45. The Morgan fingerprint density at radius 3 is 2.25 bits per heavy atom. The molecule has 1 saturated carbocycles. The van der Waals surface area contributed by atoms with Crippen molar-refractivity contribution in [3.8, 4) is 0 Å². The summed E-state index contributed by atoms with van der Waals surface area (Å²) in [6.07, 6.45) is 9.11.